The van der Waals surface area contributed by atoms with Gasteiger partial charge in [-0.15, -0.1) is 0 Å². The number of aromatic nitrogens is 1. The quantitative estimate of drug-likeness (QED) is 0.709. The fraction of sp³-hybridized carbons (Fsp3) is 0.158. The van der Waals surface area contributed by atoms with Gasteiger partial charge in [0.2, 0.25) is 0 Å². The van der Waals surface area contributed by atoms with Crippen LogP contribution >= 0.6 is 0 Å². The van der Waals surface area contributed by atoms with E-state index in [4.69, 9.17) is 9.47 Å². The van der Waals surface area contributed by atoms with Crippen LogP contribution in [-0.4, -0.2) is 31.2 Å². The SMILES string of the molecule is COc1cccc(C(=O)NCCOc2ccc3ncccc3c2)c1. The van der Waals surface area contributed by atoms with E-state index in [1.165, 1.54) is 0 Å². The van der Waals surface area contributed by atoms with Gasteiger partial charge in [-0.3, -0.25) is 9.78 Å². The number of rotatable bonds is 6. The first-order valence-corrected chi connectivity index (χ1v) is 7.66. The Morgan fingerprint density at radius 2 is 2.00 bits per heavy atom. The summed E-state index contributed by atoms with van der Waals surface area (Å²) in [6.45, 7) is 0.808. The van der Waals surface area contributed by atoms with E-state index in [-0.39, 0.29) is 5.91 Å². The number of hydrogen-bond acceptors (Lipinski definition) is 4. The number of ether oxygens (including phenoxy) is 2. The molecule has 0 saturated heterocycles. The van der Waals surface area contributed by atoms with Gasteiger partial charge >= 0.3 is 0 Å². The van der Waals surface area contributed by atoms with Crippen LogP contribution in [0, 0.1) is 0 Å². The zero-order chi connectivity index (χ0) is 16.8. The molecule has 24 heavy (non-hydrogen) atoms. The standard InChI is InChI=1S/C19H18N2O3/c1-23-16-6-2-4-15(13-16)19(22)21-10-11-24-17-7-8-18-14(12-17)5-3-9-20-18/h2-9,12-13H,10-11H2,1H3,(H,21,22). The molecule has 122 valence electrons. The summed E-state index contributed by atoms with van der Waals surface area (Å²) in [7, 11) is 1.57. The maximum Gasteiger partial charge on any atom is 0.251 e. The lowest BCUT2D eigenvalue weighted by molar-refractivity contribution is 0.0946. The van der Waals surface area contributed by atoms with Gasteiger partial charge < -0.3 is 14.8 Å². The Kier molecular flexibility index (Phi) is 4.91. The maximum absolute atomic E-state index is 12.1. The lowest BCUT2D eigenvalue weighted by Crippen LogP contribution is -2.28. The first kappa shape index (κ1) is 15.8. The molecule has 0 atom stereocenters. The number of benzene rings is 2. The third-order valence-corrected chi connectivity index (χ3v) is 3.56. The molecule has 5 heteroatoms. The highest BCUT2D eigenvalue weighted by molar-refractivity contribution is 5.94. The second kappa shape index (κ2) is 7.46. The van der Waals surface area contributed by atoms with E-state index in [0.717, 1.165) is 16.7 Å². The molecule has 0 aliphatic carbocycles. The summed E-state index contributed by atoms with van der Waals surface area (Å²) in [4.78, 5) is 16.3. The molecule has 0 fully saturated rings. The van der Waals surface area contributed by atoms with E-state index < -0.39 is 0 Å². The average Bonchev–Trinajstić information content (AvgIpc) is 2.65. The van der Waals surface area contributed by atoms with Crippen LogP contribution in [0.3, 0.4) is 0 Å². The maximum atomic E-state index is 12.1. The number of amides is 1. The number of carbonyl (C=O) groups excluding carboxylic acids is 1. The molecule has 5 nitrogen and oxygen atoms in total. The molecule has 1 N–H and O–H groups in total. The molecule has 0 aliphatic rings. The molecule has 1 aromatic heterocycles. The van der Waals surface area contributed by atoms with Crippen molar-refractivity contribution in [3.05, 3.63) is 66.4 Å². The summed E-state index contributed by atoms with van der Waals surface area (Å²) in [6.07, 6.45) is 1.76. The van der Waals surface area contributed by atoms with Gasteiger partial charge in [0.15, 0.2) is 0 Å². The molecule has 1 amide bonds. The number of pyridine rings is 1. The van der Waals surface area contributed by atoms with E-state index in [2.05, 4.69) is 10.3 Å². The van der Waals surface area contributed by atoms with Crippen LogP contribution < -0.4 is 14.8 Å². The van der Waals surface area contributed by atoms with Crippen LogP contribution in [0.4, 0.5) is 0 Å². The molecule has 0 spiro atoms. The number of hydrogen-bond donors (Lipinski definition) is 1. The molecular weight excluding hydrogens is 304 g/mol. The van der Waals surface area contributed by atoms with Crippen molar-refractivity contribution in [1.29, 1.82) is 0 Å². The van der Waals surface area contributed by atoms with Crippen molar-refractivity contribution in [2.75, 3.05) is 20.3 Å². The van der Waals surface area contributed by atoms with Gasteiger partial charge in [-0.25, -0.2) is 0 Å². The summed E-state index contributed by atoms with van der Waals surface area (Å²) in [6, 6.07) is 16.6. The van der Waals surface area contributed by atoms with Gasteiger partial charge in [0.1, 0.15) is 18.1 Å². The fourth-order valence-corrected chi connectivity index (χ4v) is 2.34. The van der Waals surface area contributed by atoms with Crippen molar-refractivity contribution >= 4 is 16.8 Å². The Morgan fingerprint density at radius 3 is 2.88 bits per heavy atom. The van der Waals surface area contributed by atoms with Crippen molar-refractivity contribution in [2.24, 2.45) is 0 Å². The predicted octanol–water partition coefficient (Wildman–Crippen LogP) is 3.05. The monoisotopic (exact) mass is 322 g/mol. The van der Waals surface area contributed by atoms with Crippen molar-refractivity contribution in [3.63, 3.8) is 0 Å². The minimum Gasteiger partial charge on any atom is -0.497 e. The molecule has 2 aromatic carbocycles. The predicted molar refractivity (Wildman–Crippen MR) is 92.6 cm³/mol. The second-order valence-corrected chi connectivity index (χ2v) is 5.19. The lowest BCUT2D eigenvalue weighted by atomic mass is 10.2. The molecule has 0 unspecified atom stereocenters. The van der Waals surface area contributed by atoms with Crippen LogP contribution in [0.15, 0.2) is 60.8 Å². The first-order valence-electron chi connectivity index (χ1n) is 7.66. The van der Waals surface area contributed by atoms with Crippen molar-refractivity contribution in [1.82, 2.24) is 10.3 Å². The second-order valence-electron chi connectivity index (χ2n) is 5.19. The Morgan fingerprint density at radius 1 is 1.08 bits per heavy atom. The van der Waals surface area contributed by atoms with Gasteiger partial charge in [0.05, 0.1) is 19.2 Å². The number of methoxy groups -OCH3 is 1. The highest BCUT2D eigenvalue weighted by Gasteiger charge is 2.06. The van der Waals surface area contributed by atoms with Crippen LogP contribution in [0.2, 0.25) is 0 Å². The fourth-order valence-electron chi connectivity index (χ4n) is 2.34. The molecular formula is C19H18N2O3. The number of carbonyl (C=O) groups is 1. The summed E-state index contributed by atoms with van der Waals surface area (Å²) in [5.74, 6) is 1.26. The van der Waals surface area contributed by atoms with Gasteiger partial charge in [-0.1, -0.05) is 12.1 Å². The van der Waals surface area contributed by atoms with E-state index in [0.29, 0.717) is 24.5 Å². The van der Waals surface area contributed by atoms with Gasteiger partial charge in [-0.05, 0) is 42.5 Å². The summed E-state index contributed by atoms with van der Waals surface area (Å²) < 4.78 is 10.8. The summed E-state index contributed by atoms with van der Waals surface area (Å²) >= 11 is 0. The van der Waals surface area contributed by atoms with Crippen LogP contribution in [0.1, 0.15) is 10.4 Å². The van der Waals surface area contributed by atoms with Crippen molar-refractivity contribution in [3.8, 4) is 11.5 Å². The molecule has 3 aromatic rings. The normalized spacial score (nSPS) is 10.4. The van der Waals surface area contributed by atoms with Gasteiger partial charge in [0, 0.05) is 17.1 Å². The van der Waals surface area contributed by atoms with Gasteiger partial charge in [0.25, 0.3) is 5.91 Å². The third-order valence-electron chi connectivity index (χ3n) is 3.56. The average molecular weight is 322 g/mol. The highest BCUT2D eigenvalue weighted by atomic mass is 16.5. The summed E-state index contributed by atoms with van der Waals surface area (Å²) in [5, 5.41) is 3.85. The minimum atomic E-state index is -0.153. The van der Waals surface area contributed by atoms with E-state index in [9.17, 15) is 4.79 Å². The first-order chi connectivity index (χ1) is 11.8. The number of nitrogens with one attached hydrogen (secondary N) is 1. The van der Waals surface area contributed by atoms with Crippen LogP contribution in [-0.2, 0) is 0 Å². The zero-order valence-corrected chi connectivity index (χ0v) is 13.4. The van der Waals surface area contributed by atoms with Gasteiger partial charge in [-0.2, -0.15) is 0 Å². The summed E-state index contributed by atoms with van der Waals surface area (Å²) in [5.41, 5.74) is 1.49. The molecule has 0 bridgehead atoms. The Hall–Kier alpha value is -3.08. The Bertz CT molecular complexity index is 849. The molecule has 0 saturated carbocycles. The third kappa shape index (κ3) is 3.81. The van der Waals surface area contributed by atoms with Crippen LogP contribution in [0.5, 0.6) is 11.5 Å². The van der Waals surface area contributed by atoms with E-state index in [1.54, 1.807) is 37.6 Å². The number of nitrogens with zero attached hydrogens (tertiary/aromatic N) is 1. The van der Waals surface area contributed by atoms with Crippen LogP contribution in [0.25, 0.3) is 10.9 Å². The van der Waals surface area contributed by atoms with E-state index in [1.807, 2.05) is 30.3 Å². The molecule has 1 heterocycles. The smallest absolute Gasteiger partial charge is 0.251 e. The number of fused-ring (bicyclic) bond motifs is 1. The molecule has 3 rings (SSSR count). The molecule has 0 radical (unpaired) electrons. The minimum absolute atomic E-state index is 0.153. The topological polar surface area (TPSA) is 60.5 Å². The Labute approximate surface area is 140 Å². The lowest BCUT2D eigenvalue weighted by Gasteiger charge is -2.09. The zero-order valence-electron chi connectivity index (χ0n) is 13.4. The van der Waals surface area contributed by atoms with Crippen molar-refractivity contribution in [2.45, 2.75) is 0 Å². The Balaban J connectivity index is 1.51. The largest absolute Gasteiger partial charge is 0.497 e. The van der Waals surface area contributed by atoms with E-state index >= 15 is 0 Å². The van der Waals surface area contributed by atoms with Crippen molar-refractivity contribution < 1.29 is 14.3 Å². The highest BCUT2D eigenvalue weighted by Crippen LogP contribution is 2.18. The molecule has 0 aliphatic heterocycles.